The largest absolute Gasteiger partial charge is 0.388 e. The first-order valence-corrected chi connectivity index (χ1v) is 7.50. The van der Waals surface area contributed by atoms with Crippen LogP contribution in [-0.2, 0) is 11.3 Å². The van der Waals surface area contributed by atoms with E-state index >= 15 is 0 Å². The number of hydrogen-bond acceptors (Lipinski definition) is 3. The fraction of sp³-hybridized carbons (Fsp3) is 0.214. The molecule has 1 heterocycles. The molecule has 2 aromatic rings. The van der Waals surface area contributed by atoms with Crippen molar-refractivity contribution in [2.75, 3.05) is 0 Å². The van der Waals surface area contributed by atoms with E-state index in [0.717, 1.165) is 14.2 Å². The number of nitrogens with one attached hydrogen (secondary N) is 1. The molecule has 0 aliphatic rings. The second kappa shape index (κ2) is 6.84. The summed E-state index contributed by atoms with van der Waals surface area (Å²) < 4.78 is 1.04. The number of aliphatic hydroxyl groups excluding tert-OH is 1. The monoisotopic (exact) mass is 339 g/mol. The lowest BCUT2D eigenvalue weighted by molar-refractivity contribution is -0.123. The Hall–Kier alpha value is -1.17. The Kier molecular flexibility index (Phi) is 5.13. The third-order valence-electron chi connectivity index (χ3n) is 2.65. The van der Waals surface area contributed by atoms with E-state index in [9.17, 15) is 9.90 Å². The molecule has 1 aromatic heterocycles. The molecule has 0 saturated heterocycles. The molecule has 1 aromatic carbocycles. The lowest BCUT2D eigenvalue weighted by Gasteiger charge is -2.10. The van der Waals surface area contributed by atoms with Crippen molar-refractivity contribution in [1.82, 2.24) is 5.32 Å². The van der Waals surface area contributed by atoms with Gasteiger partial charge in [0.2, 0.25) is 5.91 Å². The summed E-state index contributed by atoms with van der Waals surface area (Å²) in [5, 5.41) is 12.7. The van der Waals surface area contributed by atoms with Gasteiger partial charge in [0.05, 0.1) is 22.9 Å². The van der Waals surface area contributed by atoms with Gasteiger partial charge >= 0.3 is 0 Å². The molecule has 0 aliphatic heterocycles. The van der Waals surface area contributed by atoms with Gasteiger partial charge in [0.25, 0.3) is 0 Å². The Morgan fingerprint density at radius 1 is 1.26 bits per heavy atom. The van der Waals surface area contributed by atoms with Crippen LogP contribution in [-0.4, -0.2) is 11.0 Å². The second-order valence-electron chi connectivity index (χ2n) is 4.11. The van der Waals surface area contributed by atoms with Gasteiger partial charge in [-0.2, -0.15) is 0 Å². The second-order valence-corrected chi connectivity index (χ2v) is 6.66. The summed E-state index contributed by atoms with van der Waals surface area (Å²) in [6, 6.07) is 13.1. The zero-order valence-corrected chi connectivity index (χ0v) is 12.6. The average Bonchev–Trinajstić information content (AvgIpc) is 2.83. The normalized spacial score (nSPS) is 12.1. The van der Waals surface area contributed by atoms with Crippen LogP contribution in [0.5, 0.6) is 0 Å². The van der Waals surface area contributed by atoms with Gasteiger partial charge in [0.15, 0.2) is 0 Å². The van der Waals surface area contributed by atoms with Gasteiger partial charge in [-0.05, 0) is 33.6 Å². The maximum absolute atomic E-state index is 11.7. The van der Waals surface area contributed by atoms with Crippen molar-refractivity contribution >= 4 is 33.2 Å². The standard InChI is InChI=1S/C14H14BrNO2S/c15-13-7-6-11(19-13)9-16-14(18)8-12(17)10-4-2-1-3-5-10/h1-7,12,17H,8-9H2,(H,16,18). The number of hydrogen-bond donors (Lipinski definition) is 2. The van der Waals surface area contributed by atoms with Crippen LogP contribution in [0.15, 0.2) is 46.3 Å². The summed E-state index contributed by atoms with van der Waals surface area (Å²) >= 11 is 4.96. The van der Waals surface area contributed by atoms with Gasteiger partial charge in [-0.3, -0.25) is 4.79 Å². The molecule has 0 bridgehead atoms. The minimum absolute atomic E-state index is 0.0799. The molecular formula is C14H14BrNO2S. The maximum Gasteiger partial charge on any atom is 0.223 e. The molecule has 0 aliphatic carbocycles. The first-order chi connectivity index (χ1) is 9.15. The van der Waals surface area contributed by atoms with Gasteiger partial charge in [0.1, 0.15) is 0 Å². The van der Waals surface area contributed by atoms with E-state index in [1.54, 1.807) is 11.3 Å². The minimum Gasteiger partial charge on any atom is -0.388 e. The van der Waals surface area contributed by atoms with E-state index in [-0.39, 0.29) is 12.3 Å². The molecule has 19 heavy (non-hydrogen) atoms. The van der Waals surface area contributed by atoms with Crippen LogP contribution in [0, 0.1) is 0 Å². The number of carbonyl (C=O) groups is 1. The third kappa shape index (κ3) is 4.45. The SMILES string of the molecule is O=C(CC(O)c1ccccc1)NCc1ccc(Br)s1. The Morgan fingerprint density at radius 2 is 2.00 bits per heavy atom. The van der Waals surface area contributed by atoms with Crippen LogP contribution in [0.25, 0.3) is 0 Å². The van der Waals surface area contributed by atoms with Gasteiger partial charge < -0.3 is 10.4 Å². The number of carbonyl (C=O) groups excluding carboxylic acids is 1. The topological polar surface area (TPSA) is 49.3 Å². The van der Waals surface area contributed by atoms with Crippen LogP contribution in [0.1, 0.15) is 23.0 Å². The number of halogens is 1. The van der Waals surface area contributed by atoms with Crippen molar-refractivity contribution in [2.45, 2.75) is 19.1 Å². The van der Waals surface area contributed by atoms with E-state index in [4.69, 9.17) is 0 Å². The zero-order chi connectivity index (χ0) is 13.7. The highest BCUT2D eigenvalue weighted by Crippen LogP contribution is 2.22. The number of aliphatic hydroxyl groups is 1. The van der Waals surface area contributed by atoms with Crippen LogP contribution in [0.3, 0.4) is 0 Å². The molecule has 0 spiro atoms. The number of thiophene rings is 1. The van der Waals surface area contributed by atoms with E-state index < -0.39 is 6.10 Å². The molecule has 1 atom stereocenters. The highest BCUT2D eigenvalue weighted by Gasteiger charge is 2.12. The highest BCUT2D eigenvalue weighted by atomic mass is 79.9. The minimum atomic E-state index is -0.753. The molecule has 2 N–H and O–H groups in total. The predicted molar refractivity (Wildman–Crippen MR) is 79.9 cm³/mol. The molecule has 0 saturated carbocycles. The molecule has 2 rings (SSSR count). The van der Waals surface area contributed by atoms with Gasteiger partial charge in [-0.1, -0.05) is 30.3 Å². The molecule has 1 amide bonds. The number of rotatable bonds is 5. The maximum atomic E-state index is 11.7. The van der Waals surface area contributed by atoms with Crippen LogP contribution < -0.4 is 5.32 Å². The van der Waals surface area contributed by atoms with Crippen molar-refractivity contribution in [3.05, 3.63) is 56.7 Å². The lowest BCUT2D eigenvalue weighted by atomic mass is 10.1. The van der Waals surface area contributed by atoms with E-state index in [2.05, 4.69) is 21.2 Å². The Bertz CT molecular complexity index is 541. The molecule has 5 heteroatoms. The molecule has 100 valence electrons. The third-order valence-corrected chi connectivity index (χ3v) is 4.28. The fourth-order valence-electron chi connectivity index (χ4n) is 1.67. The molecule has 0 radical (unpaired) electrons. The highest BCUT2D eigenvalue weighted by molar-refractivity contribution is 9.11. The molecular weight excluding hydrogens is 326 g/mol. The van der Waals surface area contributed by atoms with Gasteiger partial charge in [0, 0.05) is 4.88 Å². The average molecular weight is 340 g/mol. The molecule has 3 nitrogen and oxygen atoms in total. The molecule has 1 unspecified atom stereocenters. The quantitative estimate of drug-likeness (QED) is 0.878. The Balaban J connectivity index is 1.81. The summed E-state index contributed by atoms with van der Waals surface area (Å²) in [7, 11) is 0. The van der Waals surface area contributed by atoms with Crippen molar-refractivity contribution < 1.29 is 9.90 Å². The van der Waals surface area contributed by atoms with Crippen LogP contribution in [0.4, 0.5) is 0 Å². The van der Waals surface area contributed by atoms with Crippen LogP contribution in [0.2, 0.25) is 0 Å². The first kappa shape index (κ1) is 14.2. The molecule has 0 fully saturated rings. The Morgan fingerprint density at radius 3 is 2.63 bits per heavy atom. The van der Waals surface area contributed by atoms with Crippen molar-refractivity contribution in [2.24, 2.45) is 0 Å². The Labute approximate surface area is 124 Å². The van der Waals surface area contributed by atoms with E-state index in [0.29, 0.717) is 6.54 Å². The summed E-state index contributed by atoms with van der Waals surface area (Å²) in [6.07, 6.45) is -0.674. The summed E-state index contributed by atoms with van der Waals surface area (Å²) in [5.41, 5.74) is 0.761. The van der Waals surface area contributed by atoms with E-state index in [1.807, 2.05) is 42.5 Å². The van der Waals surface area contributed by atoms with Crippen molar-refractivity contribution in [1.29, 1.82) is 0 Å². The van der Waals surface area contributed by atoms with Crippen molar-refractivity contribution in [3.63, 3.8) is 0 Å². The van der Waals surface area contributed by atoms with Crippen LogP contribution >= 0.6 is 27.3 Å². The summed E-state index contributed by atoms with van der Waals surface area (Å²) in [6.45, 7) is 0.497. The fourth-order valence-corrected chi connectivity index (χ4v) is 3.10. The number of benzene rings is 1. The first-order valence-electron chi connectivity index (χ1n) is 5.89. The van der Waals surface area contributed by atoms with E-state index in [1.165, 1.54) is 0 Å². The van der Waals surface area contributed by atoms with Gasteiger partial charge in [-0.15, -0.1) is 11.3 Å². The number of amides is 1. The smallest absolute Gasteiger partial charge is 0.223 e. The van der Waals surface area contributed by atoms with Gasteiger partial charge in [-0.25, -0.2) is 0 Å². The van der Waals surface area contributed by atoms with Crippen molar-refractivity contribution in [3.8, 4) is 0 Å². The lowest BCUT2D eigenvalue weighted by Crippen LogP contribution is -2.24. The predicted octanol–water partition coefficient (Wildman–Crippen LogP) is 3.25. The summed E-state index contributed by atoms with van der Waals surface area (Å²) in [5.74, 6) is -0.152. The zero-order valence-electron chi connectivity index (χ0n) is 10.2. The summed E-state index contributed by atoms with van der Waals surface area (Å²) in [4.78, 5) is 12.8.